The van der Waals surface area contributed by atoms with E-state index in [9.17, 15) is 0 Å². The summed E-state index contributed by atoms with van der Waals surface area (Å²) >= 11 is 12.4. The van der Waals surface area contributed by atoms with Crippen molar-refractivity contribution < 1.29 is 9.47 Å². The number of rotatable bonds is 2. The molecule has 0 spiro atoms. The Morgan fingerprint density at radius 3 is 2.57 bits per heavy atom. The van der Waals surface area contributed by atoms with Crippen LogP contribution in [-0.2, 0) is 12.8 Å². The molecule has 1 unspecified atom stereocenters. The van der Waals surface area contributed by atoms with Gasteiger partial charge in [0.1, 0.15) is 0 Å². The lowest BCUT2D eigenvalue weighted by Crippen LogP contribution is -2.19. The Morgan fingerprint density at radius 2 is 1.71 bits per heavy atom. The minimum atomic E-state index is 0.252. The van der Waals surface area contributed by atoms with Gasteiger partial charge < -0.3 is 14.8 Å². The summed E-state index contributed by atoms with van der Waals surface area (Å²) in [6, 6.07) is 10.1. The Labute approximate surface area is 132 Å². The minimum Gasteiger partial charge on any atom is -0.454 e. The number of benzene rings is 2. The van der Waals surface area contributed by atoms with Crippen LogP contribution >= 0.6 is 23.2 Å². The van der Waals surface area contributed by atoms with Crippen molar-refractivity contribution in [2.75, 3.05) is 12.1 Å². The Balaban J connectivity index is 1.56. The predicted octanol–water partition coefficient (Wildman–Crippen LogP) is 4.30. The van der Waals surface area contributed by atoms with E-state index in [-0.39, 0.29) is 6.79 Å². The van der Waals surface area contributed by atoms with Crippen LogP contribution in [0.3, 0.4) is 0 Å². The highest BCUT2D eigenvalue weighted by Gasteiger charge is 2.23. The smallest absolute Gasteiger partial charge is 0.231 e. The van der Waals surface area contributed by atoms with Gasteiger partial charge in [-0.1, -0.05) is 29.3 Å². The Morgan fingerprint density at radius 1 is 0.952 bits per heavy atom. The van der Waals surface area contributed by atoms with Crippen LogP contribution in [-0.4, -0.2) is 12.8 Å². The maximum absolute atomic E-state index is 6.30. The minimum absolute atomic E-state index is 0.252. The zero-order chi connectivity index (χ0) is 14.4. The first-order valence-corrected chi connectivity index (χ1v) is 7.57. The van der Waals surface area contributed by atoms with Crippen molar-refractivity contribution in [1.82, 2.24) is 0 Å². The number of anilines is 1. The van der Waals surface area contributed by atoms with Crippen molar-refractivity contribution in [2.24, 2.45) is 0 Å². The molecule has 1 atom stereocenters. The molecule has 3 nitrogen and oxygen atoms in total. The molecule has 1 aliphatic heterocycles. The quantitative estimate of drug-likeness (QED) is 0.894. The first-order chi connectivity index (χ1) is 10.2. The summed E-state index contributed by atoms with van der Waals surface area (Å²) in [4.78, 5) is 0. The largest absolute Gasteiger partial charge is 0.454 e. The van der Waals surface area contributed by atoms with Gasteiger partial charge in [-0.3, -0.25) is 0 Å². The van der Waals surface area contributed by atoms with E-state index in [2.05, 4.69) is 11.4 Å². The van der Waals surface area contributed by atoms with Gasteiger partial charge in [-0.2, -0.15) is 0 Å². The monoisotopic (exact) mass is 321 g/mol. The van der Waals surface area contributed by atoms with Crippen molar-refractivity contribution >= 4 is 28.9 Å². The third-order valence-electron chi connectivity index (χ3n) is 3.92. The van der Waals surface area contributed by atoms with Crippen LogP contribution in [0, 0.1) is 0 Å². The molecule has 1 aliphatic carbocycles. The zero-order valence-electron chi connectivity index (χ0n) is 11.2. The lowest BCUT2D eigenvalue weighted by molar-refractivity contribution is 0.174. The summed E-state index contributed by atoms with van der Waals surface area (Å²) in [5.74, 6) is 1.44. The number of halogens is 2. The van der Waals surface area contributed by atoms with Crippen LogP contribution in [0.1, 0.15) is 11.1 Å². The van der Waals surface area contributed by atoms with Crippen LogP contribution < -0.4 is 14.8 Å². The van der Waals surface area contributed by atoms with E-state index >= 15 is 0 Å². The second-order valence-electron chi connectivity index (χ2n) is 5.35. The van der Waals surface area contributed by atoms with Crippen molar-refractivity contribution in [1.29, 1.82) is 0 Å². The normalized spacial score (nSPS) is 18.7. The predicted molar refractivity (Wildman–Crippen MR) is 83.8 cm³/mol. The Hall–Kier alpha value is -1.58. The lowest BCUT2D eigenvalue weighted by atomic mass is 10.1. The van der Waals surface area contributed by atoms with Crippen molar-refractivity contribution in [3.8, 4) is 11.5 Å². The molecular weight excluding hydrogens is 309 g/mol. The third kappa shape index (κ3) is 2.41. The molecular formula is C16H13Cl2NO2. The van der Waals surface area contributed by atoms with E-state index in [0.717, 1.165) is 29.3 Å². The number of ether oxygens (including phenoxy) is 2. The molecule has 4 rings (SSSR count). The van der Waals surface area contributed by atoms with Gasteiger partial charge in [0, 0.05) is 23.2 Å². The molecule has 0 fully saturated rings. The number of hydrogen-bond donors (Lipinski definition) is 1. The highest BCUT2D eigenvalue weighted by molar-refractivity contribution is 6.33. The van der Waals surface area contributed by atoms with Crippen molar-refractivity contribution in [3.05, 3.63) is 51.5 Å². The molecule has 0 amide bonds. The number of nitrogens with one attached hydrogen (secondary N) is 1. The molecule has 0 saturated heterocycles. The Kier molecular flexibility index (Phi) is 3.12. The molecule has 0 aromatic heterocycles. The van der Waals surface area contributed by atoms with E-state index in [1.807, 2.05) is 18.2 Å². The SMILES string of the molecule is Clc1ccc2c(c1)CC(Nc1cc3c(cc1Cl)OCO3)C2. The van der Waals surface area contributed by atoms with Crippen LogP contribution in [0.4, 0.5) is 5.69 Å². The zero-order valence-corrected chi connectivity index (χ0v) is 12.7. The molecule has 5 heteroatoms. The third-order valence-corrected chi connectivity index (χ3v) is 4.47. The standard InChI is InChI=1S/C16H13Cl2NO2/c17-11-2-1-9-4-12(5-10(9)3-11)19-14-7-16-15(6-13(14)18)20-8-21-16/h1-3,6-7,12,19H,4-5,8H2. The maximum Gasteiger partial charge on any atom is 0.231 e. The summed E-state index contributed by atoms with van der Waals surface area (Å²) in [6.45, 7) is 0.252. The Bertz CT molecular complexity index is 718. The van der Waals surface area contributed by atoms with Gasteiger partial charge in [-0.15, -0.1) is 0 Å². The average Bonchev–Trinajstić information content (AvgIpc) is 3.04. The second kappa shape index (κ2) is 5.00. The van der Waals surface area contributed by atoms with Crippen molar-refractivity contribution in [3.63, 3.8) is 0 Å². The molecule has 0 radical (unpaired) electrons. The summed E-state index contributed by atoms with van der Waals surface area (Å²) in [5, 5.41) is 4.93. The fourth-order valence-electron chi connectivity index (χ4n) is 2.94. The summed E-state index contributed by atoms with van der Waals surface area (Å²) < 4.78 is 10.7. The molecule has 2 aliphatic rings. The molecule has 108 valence electrons. The highest BCUT2D eigenvalue weighted by atomic mass is 35.5. The molecule has 0 saturated carbocycles. The van der Waals surface area contributed by atoms with Crippen LogP contribution in [0.2, 0.25) is 10.0 Å². The summed E-state index contributed by atoms with van der Waals surface area (Å²) in [5.41, 5.74) is 3.52. The van der Waals surface area contributed by atoms with E-state index in [1.165, 1.54) is 11.1 Å². The fraction of sp³-hybridized carbons (Fsp3) is 0.250. The van der Waals surface area contributed by atoms with Gasteiger partial charge in [0.25, 0.3) is 0 Å². The van der Waals surface area contributed by atoms with Crippen molar-refractivity contribution in [2.45, 2.75) is 18.9 Å². The van der Waals surface area contributed by atoms with E-state index in [1.54, 1.807) is 6.07 Å². The van der Waals surface area contributed by atoms with Crippen LogP contribution in [0.25, 0.3) is 0 Å². The van der Waals surface area contributed by atoms with Gasteiger partial charge >= 0.3 is 0 Å². The topological polar surface area (TPSA) is 30.5 Å². The van der Waals surface area contributed by atoms with Gasteiger partial charge in [0.2, 0.25) is 6.79 Å². The first-order valence-electron chi connectivity index (χ1n) is 6.82. The van der Waals surface area contributed by atoms with Crippen LogP contribution in [0.15, 0.2) is 30.3 Å². The molecule has 21 heavy (non-hydrogen) atoms. The number of hydrogen-bond acceptors (Lipinski definition) is 3. The highest BCUT2D eigenvalue weighted by Crippen LogP contribution is 2.40. The molecule has 1 heterocycles. The first kappa shape index (κ1) is 13.1. The molecule has 2 aromatic carbocycles. The number of fused-ring (bicyclic) bond motifs is 2. The lowest BCUT2D eigenvalue weighted by Gasteiger charge is -2.15. The average molecular weight is 322 g/mol. The summed E-state index contributed by atoms with van der Waals surface area (Å²) in [7, 11) is 0. The van der Waals surface area contributed by atoms with E-state index in [4.69, 9.17) is 32.7 Å². The molecule has 1 N–H and O–H groups in total. The maximum atomic E-state index is 6.30. The van der Waals surface area contributed by atoms with E-state index in [0.29, 0.717) is 16.8 Å². The van der Waals surface area contributed by atoms with Crippen LogP contribution in [0.5, 0.6) is 11.5 Å². The fourth-order valence-corrected chi connectivity index (χ4v) is 3.34. The summed E-state index contributed by atoms with van der Waals surface area (Å²) in [6.07, 6.45) is 1.91. The van der Waals surface area contributed by atoms with Gasteiger partial charge in [-0.25, -0.2) is 0 Å². The molecule has 0 bridgehead atoms. The van der Waals surface area contributed by atoms with Gasteiger partial charge in [0.15, 0.2) is 11.5 Å². The van der Waals surface area contributed by atoms with Gasteiger partial charge in [-0.05, 0) is 36.1 Å². The van der Waals surface area contributed by atoms with E-state index < -0.39 is 0 Å². The van der Waals surface area contributed by atoms with Gasteiger partial charge in [0.05, 0.1) is 10.7 Å². The molecule has 2 aromatic rings. The second-order valence-corrected chi connectivity index (χ2v) is 6.19.